The van der Waals surface area contributed by atoms with Crippen LogP contribution in [0.3, 0.4) is 0 Å². The van der Waals surface area contributed by atoms with E-state index in [4.69, 9.17) is 16.3 Å². The van der Waals surface area contributed by atoms with Gasteiger partial charge in [0, 0.05) is 24.0 Å². The smallest absolute Gasteiger partial charge is 0.410 e. The molecule has 0 aliphatic carbocycles. The molecule has 40 heavy (non-hydrogen) atoms. The summed E-state index contributed by atoms with van der Waals surface area (Å²) >= 11 is 6.48. The Labute approximate surface area is 232 Å². The van der Waals surface area contributed by atoms with Crippen molar-refractivity contribution in [3.8, 4) is 11.4 Å². The van der Waals surface area contributed by atoms with Crippen molar-refractivity contribution in [2.45, 2.75) is 12.6 Å². The average molecular weight is 560 g/mol. The normalized spacial score (nSPS) is 15.6. The maximum absolute atomic E-state index is 13.5. The quantitative estimate of drug-likeness (QED) is 0.330. The van der Waals surface area contributed by atoms with E-state index in [1.165, 1.54) is 21.5 Å². The molecule has 0 unspecified atom stereocenters. The molecule has 12 heteroatoms. The molecular formula is C28H23ClFN7O3. The molecule has 202 valence electrons. The highest BCUT2D eigenvalue weighted by Crippen LogP contribution is 2.29. The summed E-state index contributed by atoms with van der Waals surface area (Å²) in [7, 11) is 0. The minimum absolute atomic E-state index is 0.0305. The molecule has 2 amide bonds. The van der Waals surface area contributed by atoms with E-state index >= 15 is 0 Å². The lowest BCUT2D eigenvalue weighted by molar-refractivity contribution is -0.121. The van der Waals surface area contributed by atoms with Crippen LogP contribution in [-0.2, 0) is 16.1 Å². The number of para-hydroxylation sites is 1. The number of aromatic nitrogens is 4. The molecule has 3 heterocycles. The second kappa shape index (κ2) is 10.8. The fraction of sp³-hybridized carbons (Fsp3) is 0.179. The van der Waals surface area contributed by atoms with Crippen LogP contribution in [0.15, 0.2) is 72.8 Å². The first-order valence-electron chi connectivity index (χ1n) is 12.6. The van der Waals surface area contributed by atoms with Gasteiger partial charge in [0.1, 0.15) is 18.5 Å². The third kappa shape index (κ3) is 5.10. The molecule has 6 rings (SSSR count). The summed E-state index contributed by atoms with van der Waals surface area (Å²) in [6.07, 6.45) is -0.536. The minimum Gasteiger partial charge on any atom is -0.445 e. The number of benzene rings is 3. The fourth-order valence-corrected chi connectivity index (χ4v) is 4.70. The van der Waals surface area contributed by atoms with Crippen LogP contribution in [0.2, 0.25) is 5.02 Å². The van der Waals surface area contributed by atoms with Crippen LogP contribution in [0.1, 0.15) is 5.56 Å². The van der Waals surface area contributed by atoms with Gasteiger partial charge in [-0.25, -0.2) is 19.2 Å². The number of fused-ring (bicyclic) bond motifs is 3. The van der Waals surface area contributed by atoms with Crippen LogP contribution in [-0.4, -0.2) is 62.2 Å². The van der Waals surface area contributed by atoms with Crippen molar-refractivity contribution in [3.05, 3.63) is 89.2 Å². The lowest BCUT2D eigenvalue weighted by atomic mass is 10.2. The van der Waals surface area contributed by atoms with E-state index in [-0.39, 0.29) is 43.9 Å². The van der Waals surface area contributed by atoms with Gasteiger partial charge in [-0.3, -0.25) is 4.79 Å². The standard InChI is InChI=1S/C28H23ClFN7O3/c29-21-8-4-7-20-23(21)33-27(37-25(20)34-24(35-37)18-9-11-19(30)12-10-18)32-22-15-36(14-13-31-26(22)38)28(39)40-16-17-5-2-1-3-6-17/h1-12,22H,13-16H2,(H,31,38)(H,32,33)/t22-/m1/s1. The predicted octanol–water partition coefficient (Wildman–Crippen LogP) is 4.29. The van der Waals surface area contributed by atoms with Crippen LogP contribution in [0.5, 0.6) is 0 Å². The molecule has 2 aromatic heterocycles. The Morgan fingerprint density at radius 1 is 1.07 bits per heavy atom. The van der Waals surface area contributed by atoms with Crippen molar-refractivity contribution in [1.29, 1.82) is 0 Å². The SMILES string of the molecule is O=C1NCCN(C(=O)OCc2ccccc2)C[C@H]1Nc1nc2c(Cl)cccc2c2nc(-c3ccc(F)cc3)nn12. The van der Waals surface area contributed by atoms with Gasteiger partial charge in [-0.1, -0.05) is 48.0 Å². The van der Waals surface area contributed by atoms with Gasteiger partial charge in [0.25, 0.3) is 0 Å². The van der Waals surface area contributed by atoms with Gasteiger partial charge in [0.2, 0.25) is 11.9 Å². The van der Waals surface area contributed by atoms with Gasteiger partial charge in [-0.15, -0.1) is 5.10 Å². The Balaban J connectivity index is 1.32. The van der Waals surface area contributed by atoms with Crippen molar-refractivity contribution in [2.75, 3.05) is 25.0 Å². The number of ether oxygens (including phenoxy) is 1. The maximum atomic E-state index is 13.5. The molecule has 3 aromatic carbocycles. The summed E-state index contributed by atoms with van der Waals surface area (Å²) in [6, 6.07) is 19.6. The first-order valence-corrected chi connectivity index (χ1v) is 12.9. The van der Waals surface area contributed by atoms with Gasteiger partial charge in [0.05, 0.1) is 17.1 Å². The number of nitrogens with one attached hydrogen (secondary N) is 2. The van der Waals surface area contributed by atoms with E-state index in [2.05, 4.69) is 25.7 Å². The van der Waals surface area contributed by atoms with E-state index in [0.717, 1.165) is 5.56 Å². The van der Waals surface area contributed by atoms with Crippen LogP contribution >= 0.6 is 11.6 Å². The third-order valence-electron chi connectivity index (χ3n) is 6.52. The first-order chi connectivity index (χ1) is 19.5. The third-order valence-corrected chi connectivity index (χ3v) is 6.83. The topological polar surface area (TPSA) is 114 Å². The molecule has 1 aliphatic heterocycles. The van der Waals surface area contributed by atoms with Crippen molar-refractivity contribution in [2.24, 2.45) is 0 Å². The Hall–Kier alpha value is -4.77. The summed E-state index contributed by atoms with van der Waals surface area (Å²) in [5, 5.41) is 11.6. The number of carbonyl (C=O) groups is 2. The molecule has 2 N–H and O–H groups in total. The van der Waals surface area contributed by atoms with E-state index in [9.17, 15) is 14.0 Å². The number of anilines is 1. The maximum Gasteiger partial charge on any atom is 0.410 e. The fourth-order valence-electron chi connectivity index (χ4n) is 4.49. The average Bonchev–Trinajstić information content (AvgIpc) is 3.34. The number of nitrogens with zero attached hydrogens (tertiary/aromatic N) is 5. The van der Waals surface area contributed by atoms with Gasteiger partial charge in [-0.05, 0) is 42.0 Å². The Morgan fingerprint density at radius 2 is 1.88 bits per heavy atom. The monoisotopic (exact) mass is 559 g/mol. The van der Waals surface area contributed by atoms with Crippen LogP contribution in [0.4, 0.5) is 15.1 Å². The van der Waals surface area contributed by atoms with E-state index in [1.54, 1.807) is 24.3 Å². The van der Waals surface area contributed by atoms with Gasteiger partial charge in [0.15, 0.2) is 11.5 Å². The number of hydrogen-bond acceptors (Lipinski definition) is 7. The number of hydrogen-bond donors (Lipinski definition) is 2. The molecule has 10 nitrogen and oxygen atoms in total. The second-order valence-corrected chi connectivity index (χ2v) is 9.63. The van der Waals surface area contributed by atoms with E-state index in [0.29, 0.717) is 33.0 Å². The molecule has 1 aliphatic rings. The molecule has 5 aromatic rings. The van der Waals surface area contributed by atoms with Crippen molar-refractivity contribution < 1.29 is 18.7 Å². The highest BCUT2D eigenvalue weighted by molar-refractivity contribution is 6.35. The Bertz CT molecular complexity index is 1710. The number of carbonyl (C=O) groups excluding carboxylic acids is 2. The first kappa shape index (κ1) is 25.5. The highest BCUT2D eigenvalue weighted by Gasteiger charge is 2.30. The molecule has 1 saturated heterocycles. The largest absolute Gasteiger partial charge is 0.445 e. The Kier molecular flexibility index (Phi) is 6.87. The summed E-state index contributed by atoms with van der Waals surface area (Å²) in [6.45, 7) is 0.693. The molecule has 0 bridgehead atoms. The minimum atomic E-state index is -0.874. The molecule has 0 spiro atoms. The zero-order valence-electron chi connectivity index (χ0n) is 21.1. The van der Waals surface area contributed by atoms with E-state index in [1.807, 2.05) is 36.4 Å². The van der Waals surface area contributed by atoms with E-state index < -0.39 is 12.1 Å². The van der Waals surface area contributed by atoms with Crippen molar-refractivity contribution in [3.63, 3.8) is 0 Å². The lowest BCUT2D eigenvalue weighted by Gasteiger charge is -2.23. The molecular weight excluding hydrogens is 537 g/mol. The van der Waals surface area contributed by atoms with Gasteiger partial charge >= 0.3 is 6.09 Å². The zero-order valence-corrected chi connectivity index (χ0v) is 21.8. The van der Waals surface area contributed by atoms with Gasteiger partial charge in [-0.2, -0.15) is 4.52 Å². The molecule has 1 atom stereocenters. The summed E-state index contributed by atoms with van der Waals surface area (Å²) in [4.78, 5) is 36.7. The summed E-state index contributed by atoms with van der Waals surface area (Å²) in [5.41, 5.74) is 2.37. The zero-order chi connectivity index (χ0) is 27.6. The number of rotatable bonds is 5. The van der Waals surface area contributed by atoms with Crippen LogP contribution < -0.4 is 10.6 Å². The summed E-state index contributed by atoms with van der Waals surface area (Å²) in [5.74, 6) is -0.142. The van der Waals surface area contributed by atoms with Gasteiger partial charge < -0.3 is 20.3 Å². The highest BCUT2D eigenvalue weighted by atomic mass is 35.5. The molecule has 0 saturated carbocycles. The molecule has 0 radical (unpaired) electrons. The predicted molar refractivity (Wildman–Crippen MR) is 147 cm³/mol. The molecule has 1 fully saturated rings. The lowest BCUT2D eigenvalue weighted by Crippen LogP contribution is -2.44. The van der Waals surface area contributed by atoms with Crippen LogP contribution in [0, 0.1) is 5.82 Å². The number of amides is 2. The number of halogens is 2. The Morgan fingerprint density at radius 3 is 2.67 bits per heavy atom. The van der Waals surface area contributed by atoms with Crippen molar-refractivity contribution >= 4 is 46.1 Å². The van der Waals surface area contributed by atoms with Crippen molar-refractivity contribution in [1.82, 2.24) is 29.8 Å². The van der Waals surface area contributed by atoms with Crippen LogP contribution in [0.25, 0.3) is 27.9 Å². The second-order valence-electron chi connectivity index (χ2n) is 9.22. The summed E-state index contributed by atoms with van der Waals surface area (Å²) < 4.78 is 20.5.